The van der Waals surface area contributed by atoms with E-state index in [4.69, 9.17) is 0 Å². The van der Waals surface area contributed by atoms with Crippen molar-refractivity contribution in [3.05, 3.63) is 66.6 Å². The Morgan fingerprint density at radius 1 is 1.12 bits per heavy atom. The molecule has 0 aliphatic carbocycles. The van der Waals surface area contributed by atoms with Gasteiger partial charge in [0.25, 0.3) is 0 Å². The zero-order chi connectivity index (χ0) is 16.9. The molecule has 122 valence electrons. The van der Waals surface area contributed by atoms with Gasteiger partial charge < -0.3 is 4.90 Å². The summed E-state index contributed by atoms with van der Waals surface area (Å²) in [5, 5.41) is 0.869. The van der Waals surface area contributed by atoms with Gasteiger partial charge in [0.2, 0.25) is 5.91 Å². The summed E-state index contributed by atoms with van der Waals surface area (Å²) < 4.78 is 1.96. The minimum absolute atomic E-state index is 0.0161. The van der Waals surface area contributed by atoms with E-state index in [0.29, 0.717) is 0 Å². The fourth-order valence-corrected chi connectivity index (χ4v) is 3.30. The van der Waals surface area contributed by atoms with Gasteiger partial charge >= 0.3 is 0 Å². The molecule has 0 spiro atoms. The zero-order valence-corrected chi connectivity index (χ0v) is 14.4. The Kier molecular flexibility index (Phi) is 4.96. The Hall–Kier alpha value is -2.60. The summed E-state index contributed by atoms with van der Waals surface area (Å²) in [4.78, 5) is 22.1. The predicted molar refractivity (Wildman–Crippen MR) is 96.4 cm³/mol. The molecule has 1 aromatic carbocycles. The number of thioether (sulfide) groups is 1. The lowest BCUT2D eigenvalue weighted by molar-refractivity contribution is -0.116. The van der Waals surface area contributed by atoms with Crippen molar-refractivity contribution in [3.8, 4) is 5.82 Å². The maximum absolute atomic E-state index is 11.7. The molecular formula is C18H18N4OS. The van der Waals surface area contributed by atoms with Gasteiger partial charge in [0, 0.05) is 44.0 Å². The molecule has 0 atom stereocenters. The molecule has 0 N–H and O–H groups in total. The number of hydrogen-bond donors (Lipinski definition) is 0. The lowest BCUT2D eigenvalue weighted by Gasteiger charge is -2.18. The molecule has 0 aliphatic rings. The highest BCUT2D eigenvalue weighted by molar-refractivity contribution is 7.98. The van der Waals surface area contributed by atoms with Crippen molar-refractivity contribution >= 4 is 23.4 Å². The number of pyridine rings is 1. The van der Waals surface area contributed by atoms with Crippen molar-refractivity contribution in [1.82, 2.24) is 14.5 Å². The predicted octanol–water partition coefficient (Wildman–Crippen LogP) is 3.54. The van der Waals surface area contributed by atoms with Crippen LogP contribution in [0.1, 0.15) is 12.5 Å². The molecule has 24 heavy (non-hydrogen) atoms. The highest BCUT2D eigenvalue weighted by atomic mass is 32.2. The van der Waals surface area contributed by atoms with Crippen molar-refractivity contribution in [1.29, 1.82) is 0 Å². The Morgan fingerprint density at radius 3 is 2.67 bits per heavy atom. The molecule has 5 nitrogen and oxygen atoms in total. The molecule has 3 rings (SSSR count). The van der Waals surface area contributed by atoms with E-state index in [-0.39, 0.29) is 5.91 Å². The molecule has 0 bridgehead atoms. The number of rotatable bonds is 5. The average molecular weight is 338 g/mol. The normalized spacial score (nSPS) is 10.6. The molecule has 3 aromatic rings. The molecular weight excluding hydrogens is 320 g/mol. The third-order valence-electron chi connectivity index (χ3n) is 3.68. The van der Waals surface area contributed by atoms with Gasteiger partial charge in [-0.3, -0.25) is 9.36 Å². The smallest absolute Gasteiger partial charge is 0.223 e. The number of imidazole rings is 1. The van der Waals surface area contributed by atoms with E-state index in [1.54, 1.807) is 43.0 Å². The Bertz CT molecular complexity index is 832. The third-order valence-corrected chi connectivity index (χ3v) is 4.70. The number of nitrogens with zero attached hydrogens (tertiary/aromatic N) is 4. The standard InChI is InChI=1S/C18H18N4OS/c1-14(23)21(2)16-8-4-3-7-15(16)13-24-18-20-11-12-22(18)17-9-5-6-10-19-17/h3-12H,13H2,1-2H3. The van der Waals surface area contributed by atoms with Crippen LogP contribution in [0.15, 0.2) is 66.2 Å². The number of benzene rings is 1. The fourth-order valence-electron chi connectivity index (χ4n) is 2.34. The summed E-state index contributed by atoms with van der Waals surface area (Å²) in [6.45, 7) is 1.57. The van der Waals surface area contributed by atoms with Crippen LogP contribution in [0.4, 0.5) is 5.69 Å². The van der Waals surface area contributed by atoms with Gasteiger partial charge in [-0.2, -0.15) is 0 Å². The summed E-state index contributed by atoms with van der Waals surface area (Å²) in [6, 6.07) is 13.7. The molecule has 0 saturated heterocycles. The Balaban J connectivity index is 1.81. The van der Waals surface area contributed by atoms with Crippen molar-refractivity contribution in [2.24, 2.45) is 0 Å². The second-order valence-electron chi connectivity index (χ2n) is 5.26. The minimum atomic E-state index is 0.0161. The number of hydrogen-bond acceptors (Lipinski definition) is 4. The summed E-state index contributed by atoms with van der Waals surface area (Å²) >= 11 is 1.62. The average Bonchev–Trinajstić information content (AvgIpc) is 3.09. The second-order valence-corrected chi connectivity index (χ2v) is 6.21. The van der Waals surface area contributed by atoms with Crippen LogP contribution < -0.4 is 4.90 Å². The summed E-state index contributed by atoms with van der Waals surface area (Å²) in [6.07, 6.45) is 5.43. The van der Waals surface area contributed by atoms with Gasteiger partial charge in [0.15, 0.2) is 5.16 Å². The SMILES string of the molecule is CC(=O)N(C)c1ccccc1CSc1nccn1-c1ccccn1. The van der Waals surface area contributed by atoms with Crippen molar-refractivity contribution in [3.63, 3.8) is 0 Å². The van der Waals surface area contributed by atoms with E-state index < -0.39 is 0 Å². The molecule has 6 heteroatoms. The van der Waals surface area contributed by atoms with Crippen molar-refractivity contribution < 1.29 is 4.79 Å². The van der Waals surface area contributed by atoms with E-state index in [2.05, 4.69) is 9.97 Å². The number of para-hydroxylation sites is 1. The monoisotopic (exact) mass is 338 g/mol. The molecule has 2 heterocycles. The maximum Gasteiger partial charge on any atom is 0.223 e. The number of carbonyl (C=O) groups is 1. The van der Waals surface area contributed by atoms with Gasteiger partial charge in [-0.15, -0.1) is 0 Å². The number of carbonyl (C=O) groups excluding carboxylic acids is 1. The van der Waals surface area contributed by atoms with Crippen LogP contribution in [0.5, 0.6) is 0 Å². The molecule has 0 saturated carbocycles. The Morgan fingerprint density at radius 2 is 1.92 bits per heavy atom. The summed E-state index contributed by atoms with van der Waals surface area (Å²) in [5.41, 5.74) is 2.02. The van der Waals surface area contributed by atoms with E-state index in [0.717, 1.165) is 28.0 Å². The third kappa shape index (κ3) is 3.49. The molecule has 2 aromatic heterocycles. The molecule has 0 aliphatic heterocycles. The zero-order valence-electron chi connectivity index (χ0n) is 13.6. The molecule has 0 unspecified atom stereocenters. The van der Waals surface area contributed by atoms with Crippen LogP contribution in [0.2, 0.25) is 0 Å². The van der Waals surface area contributed by atoms with Crippen LogP contribution in [-0.4, -0.2) is 27.5 Å². The van der Waals surface area contributed by atoms with E-state index >= 15 is 0 Å². The number of amides is 1. The maximum atomic E-state index is 11.7. The number of aromatic nitrogens is 3. The molecule has 0 fully saturated rings. The van der Waals surface area contributed by atoms with Gasteiger partial charge in [0.1, 0.15) is 5.82 Å². The quantitative estimate of drug-likeness (QED) is 0.668. The van der Waals surface area contributed by atoms with E-state index in [1.165, 1.54) is 0 Å². The van der Waals surface area contributed by atoms with E-state index in [9.17, 15) is 4.79 Å². The summed E-state index contributed by atoms with van der Waals surface area (Å²) in [7, 11) is 1.79. The van der Waals surface area contributed by atoms with Crippen LogP contribution in [-0.2, 0) is 10.5 Å². The molecule has 0 radical (unpaired) electrons. The van der Waals surface area contributed by atoms with Gasteiger partial charge in [-0.1, -0.05) is 36.0 Å². The van der Waals surface area contributed by atoms with Crippen molar-refractivity contribution in [2.75, 3.05) is 11.9 Å². The largest absolute Gasteiger partial charge is 0.315 e. The van der Waals surface area contributed by atoms with Crippen molar-refractivity contribution in [2.45, 2.75) is 17.8 Å². The lowest BCUT2D eigenvalue weighted by atomic mass is 10.2. The Labute approximate surface area is 145 Å². The highest BCUT2D eigenvalue weighted by Gasteiger charge is 2.12. The first kappa shape index (κ1) is 16.3. The summed E-state index contributed by atoms with van der Waals surface area (Å²) in [5.74, 6) is 1.58. The van der Waals surface area contributed by atoms with Gasteiger partial charge in [0.05, 0.1) is 0 Å². The van der Waals surface area contributed by atoms with E-state index in [1.807, 2.05) is 53.2 Å². The fraction of sp³-hybridized carbons (Fsp3) is 0.167. The van der Waals surface area contributed by atoms with Crippen LogP contribution in [0.25, 0.3) is 5.82 Å². The lowest BCUT2D eigenvalue weighted by Crippen LogP contribution is -2.23. The minimum Gasteiger partial charge on any atom is -0.315 e. The van der Waals surface area contributed by atoms with Crippen LogP contribution in [0.3, 0.4) is 0 Å². The first-order valence-corrected chi connectivity index (χ1v) is 8.55. The van der Waals surface area contributed by atoms with Gasteiger partial charge in [-0.05, 0) is 23.8 Å². The second kappa shape index (κ2) is 7.31. The number of anilines is 1. The van der Waals surface area contributed by atoms with Crippen LogP contribution >= 0.6 is 11.8 Å². The molecule has 1 amide bonds. The first-order chi connectivity index (χ1) is 11.7. The van der Waals surface area contributed by atoms with Crippen LogP contribution in [0, 0.1) is 0 Å². The highest BCUT2D eigenvalue weighted by Crippen LogP contribution is 2.28. The topological polar surface area (TPSA) is 51.0 Å². The first-order valence-electron chi connectivity index (χ1n) is 7.56. The van der Waals surface area contributed by atoms with Gasteiger partial charge in [-0.25, -0.2) is 9.97 Å².